The smallest absolute Gasteiger partial charge is 0.433 e. The second kappa shape index (κ2) is 7.38. The third kappa shape index (κ3) is 3.90. The summed E-state index contributed by atoms with van der Waals surface area (Å²) in [4.78, 5) is 18.4. The van der Waals surface area contributed by atoms with Crippen LogP contribution in [0.15, 0.2) is 36.4 Å². The lowest BCUT2D eigenvalue weighted by Crippen LogP contribution is -2.29. The van der Waals surface area contributed by atoms with Gasteiger partial charge >= 0.3 is 6.18 Å². The summed E-state index contributed by atoms with van der Waals surface area (Å²) < 4.78 is 46.8. The number of hydrogen-bond acceptors (Lipinski definition) is 4. The zero-order valence-corrected chi connectivity index (χ0v) is 15.7. The Labute approximate surface area is 164 Å². The first kappa shape index (κ1) is 19.2. The molecule has 2 aromatic heterocycles. The zero-order valence-electron chi connectivity index (χ0n) is 15.7. The molecule has 0 saturated carbocycles. The standard InChI is InChI=1S/C20H19F3N4O2/c1-29-15-6-4-13(5-7-15)16-12-17(20(21,22)23)27-18(24-16)10-14(25-27)11-19(28)26-8-2-3-9-26/h4-7,10,12H,2-3,8-9,11H2,1H3. The van der Waals surface area contributed by atoms with Gasteiger partial charge in [0.15, 0.2) is 11.3 Å². The molecule has 0 unspecified atom stereocenters. The van der Waals surface area contributed by atoms with E-state index in [1.54, 1.807) is 29.2 Å². The first-order chi connectivity index (χ1) is 13.8. The summed E-state index contributed by atoms with van der Waals surface area (Å²) in [6.45, 7) is 1.36. The Bertz CT molecular complexity index is 1040. The number of benzene rings is 1. The van der Waals surface area contributed by atoms with Crippen molar-refractivity contribution in [3.63, 3.8) is 0 Å². The van der Waals surface area contributed by atoms with E-state index in [0.29, 0.717) is 24.4 Å². The highest BCUT2D eigenvalue weighted by molar-refractivity contribution is 5.79. The van der Waals surface area contributed by atoms with Gasteiger partial charge < -0.3 is 9.64 Å². The third-order valence-corrected chi connectivity index (χ3v) is 4.95. The molecule has 0 aliphatic carbocycles. The highest BCUT2D eigenvalue weighted by Crippen LogP contribution is 2.32. The summed E-state index contributed by atoms with van der Waals surface area (Å²) in [5.74, 6) is 0.466. The SMILES string of the molecule is COc1ccc(-c2cc(C(F)(F)F)n3nc(CC(=O)N4CCCC4)cc3n2)cc1. The van der Waals surface area contributed by atoms with Crippen molar-refractivity contribution in [3.8, 4) is 17.0 Å². The molecule has 0 N–H and O–H groups in total. The van der Waals surface area contributed by atoms with Crippen LogP contribution in [0.3, 0.4) is 0 Å². The fourth-order valence-corrected chi connectivity index (χ4v) is 3.45. The van der Waals surface area contributed by atoms with Crippen LogP contribution in [0, 0.1) is 0 Å². The average molecular weight is 404 g/mol. The highest BCUT2D eigenvalue weighted by Gasteiger charge is 2.35. The number of carbonyl (C=O) groups excluding carboxylic acids is 1. The minimum atomic E-state index is -4.62. The van der Waals surface area contributed by atoms with Crippen LogP contribution in [-0.2, 0) is 17.4 Å². The van der Waals surface area contributed by atoms with Crippen molar-refractivity contribution in [2.45, 2.75) is 25.4 Å². The maximum Gasteiger partial charge on any atom is 0.433 e. The van der Waals surface area contributed by atoms with E-state index in [1.165, 1.54) is 13.2 Å². The number of halogens is 3. The Morgan fingerprint density at radius 2 is 1.83 bits per heavy atom. The van der Waals surface area contributed by atoms with Crippen molar-refractivity contribution < 1.29 is 22.7 Å². The van der Waals surface area contributed by atoms with E-state index in [9.17, 15) is 18.0 Å². The topological polar surface area (TPSA) is 59.7 Å². The van der Waals surface area contributed by atoms with Gasteiger partial charge in [-0.3, -0.25) is 4.79 Å². The number of ether oxygens (including phenoxy) is 1. The number of fused-ring (bicyclic) bond motifs is 1. The molecule has 0 atom stereocenters. The van der Waals surface area contributed by atoms with Crippen LogP contribution >= 0.6 is 0 Å². The Morgan fingerprint density at radius 1 is 1.14 bits per heavy atom. The van der Waals surface area contributed by atoms with Crippen LogP contribution in [0.25, 0.3) is 16.9 Å². The number of aromatic nitrogens is 3. The maximum absolute atomic E-state index is 13.7. The quantitative estimate of drug-likeness (QED) is 0.667. The number of rotatable bonds is 4. The van der Waals surface area contributed by atoms with E-state index < -0.39 is 11.9 Å². The van der Waals surface area contributed by atoms with Gasteiger partial charge in [0, 0.05) is 24.7 Å². The van der Waals surface area contributed by atoms with Gasteiger partial charge in [-0.25, -0.2) is 9.50 Å². The van der Waals surface area contributed by atoms with E-state index >= 15 is 0 Å². The van der Waals surface area contributed by atoms with E-state index in [0.717, 1.165) is 23.4 Å². The normalized spacial score (nSPS) is 14.6. The monoisotopic (exact) mass is 404 g/mol. The Hall–Kier alpha value is -3.10. The summed E-state index contributed by atoms with van der Waals surface area (Å²) in [7, 11) is 1.51. The van der Waals surface area contributed by atoms with Crippen molar-refractivity contribution >= 4 is 11.6 Å². The molecule has 0 bridgehead atoms. The van der Waals surface area contributed by atoms with Crippen LogP contribution in [0.2, 0.25) is 0 Å². The molecule has 152 valence electrons. The summed E-state index contributed by atoms with van der Waals surface area (Å²) in [5, 5.41) is 4.02. The van der Waals surface area contributed by atoms with E-state index in [1.807, 2.05) is 0 Å². The lowest BCUT2D eigenvalue weighted by molar-refractivity contribution is -0.142. The van der Waals surface area contributed by atoms with E-state index in [4.69, 9.17) is 4.74 Å². The van der Waals surface area contributed by atoms with E-state index in [2.05, 4.69) is 10.1 Å². The molecular formula is C20H19F3N4O2. The van der Waals surface area contributed by atoms with Gasteiger partial charge in [0.2, 0.25) is 5.91 Å². The van der Waals surface area contributed by atoms with Crippen molar-refractivity contribution in [2.75, 3.05) is 20.2 Å². The molecule has 6 nitrogen and oxygen atoms in total. The first-order valence-electron chi connectivity index (χ1n) is 9.24. The summed E-state index contributed by atoms with van der Waals surface area (Å²) in [6, 6.07) is 9.01. The predicted octanol–water partition coefficient (Wildman–Crippen LogP) is 3.59. The largest absolute Gasteiger partial charge is 0.497 e. The Kier molecular flexibility index (Phi) is 4.89. The molecule has 9 heteroatoms. The molecule has 3 heterocycles. The van der Waals surface area contributed by atoms with Gasteiger partial charge in [-0.05, 0) is 43.2 Å². The van der Waals surface area contributed by atoms with Gasteiger partial charge in [0.1, 0.15) is 5.75 Å². The van der Waals surface area contributed by atoms with Crippen LogP contribution in [0.5, 0.6) is 5.75 Å². The number of methoxy groups -OCH3 is 1. The molecular weight excluding hydrogens is 385 g/mol. The fourth-order valence-electron chi connectivity index (χ4n) is 3.45. The van der Waals surface area contributed by atoms with Crippen LogP contribution in [-0.4, -0.2) is 45.6 Å². The van der Waals surface area contributed by atoms with Crippen molar-refractivity contribution in [2.24, 2.45) is 0 Å². The number of nitrogens with zero attached hydrogens (tertiary/aromatic N) is 4. The Morgan fingerprint density at radius 3 is 2.45 bits per heavy atom. The second-order valence-electron chi connectivity index (χ2n) is 6.92. The lowest BCUT2D eigenvalue weighted by atomic mass is 10.1. The molecule has 1 aliphatic rings. The molecule has 1 amide bonds. The minimum Gasteiger partial charge on any atom is -0.497 e. The number of hydrogen-bond donors (Lipinski definition) is 0. The maximum atomic E-state index is 13.7. The van der Waals surface area contributed by atoms with Gasteiger partial charge in [-0.2, -0.15) is 18.3 Å². The molecule has 1 aliphatic heterocycles. The molecule has 1 saturated heterocycles. The first-order valence-corrected chi connectivity index (χ1v) is 9.24. The summed E-state index contributed by atoms with van der Waals surface area (Å²) in [6.07, 6.45) is -2.77. The molecule has 3 aromatic rings. The van der Waals surface area contributed by atoms with Crippen LogP contribution in [0.1, 0.15) is 24.2 Å². The van der Waals surface area contributed by atoms with Gasteiger partial charge in [-0.15, -0.1) is 0 Å². The molecule has 29 heavy (non-hydrogen) atoms. The molecule has 0 spiro atoms. The third-order valence-electron chi connectivity index (χ3n) is 4.95. The molecule has 4 rings (SSSR count). The Balaban J connectivity index is 1.74. The lowest BCUT2D eigenvalue weighted by Gasteiger charge is -2.13. The molecule has 1 fully saturated rings. The van der Waals surface area contributed by atoms with Crippen molar-refractivity contribution in [1.82, 2.24) is 19.5 Å². The highest BCUT2D eigenvalue weighted by atomic mass is 19.4. The van der Waals surface area contributed by atoms with Crippen LogP contribution < -0.4 is 4.74 Å². The average Bonchev–Trinajstić information content (AvgIpc) is 3.36. The molecule has 0 radical (unpaired) electrons. The predicted molar refractivity (Wildman–Crippen MR) is 99.5 cm³/mol. The van der Waals surface area contributed by atoms with Gasteiger partial charge in [0.05, 0.1) is 24.9 Å². The number of amides is 1. The second-order valence-corrected chi connectivity index (χ2v) is 6.92. The van der Waals surface area contributed by atoms with Gasteiger partial charge in [0.25, 0.3) is 0 Å². The zero-order chi connectivity index (χ0) is 20.6. The van der Waals surface area contributed by atoms with E-state index in [-0.39, 0.29) is 29.4 Å². The van der Waals surface area contributed by atoms with Crippen molar-refractivity contribution in [3.05, 3.63) is 47.8 Å². The minimum absolute atomic E-state index is 0.0431. The number of likely N-dealkylation sites (tertiary alicyclic amines) is 1. The number of alkyl halides is 3. The fraction of sp³-hybridized carbons (Fsp3) is 0.350. The molecule has 1 aromatic carbocycles. The van der Waals surface area contributed by atoms with Crippen LogP contribution in [0.4, 0.5) is 13.2 Å². The number of carbonyl (C=O) groups is 1. The summed E-state index contributed by atoms with van der Waals surface area (Å²) >= 11 is 0. The van der Waals surface area contributed by atoms with Crippen molar-refractivity contribution in [1.29, 1.82) is 0 Å². The summed E-state index contributed by atoms with van der Waals surface area (Å²) in [5.41, 5.74) is 0.0781. The van der Waals surface area contributed by atoms with Gasteiger partial charge in [-0.1, -0.05) is 0 Å².